The molecule has 0 radical (unpaired) electrons. The molecule has 0 spiro atoms. The number of hydrogen-bond acceptors (Lipinski definition) is 2. The molecule has 2 aromatic rings. The molecule has 0 bridgehead atoms. The number of rotatable bonds is 5. The van der Waals surface area contributed by atoms with Gasteiger partial charge >= 0.3 is 0 Å². The summed E-state index contributed by atoms with van der Waals surface area (Å²) in [7, 11) is 0. The second-order valence-corrected chi connectivity index (χ2v) is 4.70. The van der Waals surface area contributed by atoms with Gasteiger partial charge in [-0.25, -0.2) is 4.98 Å². The number of aromatic nitrogens is 2. The van der Waals surface area contributed by atoms with Gasteiger partial charge in [0, 0.05) is 18.8 Å². The Balaban J connectivity index is 1.89. The summed E-state index contributed by atoms with van der Waals surface area (Å²) in [4.78, 5) is 15.7. The first kappa shape index (κ1) is 12.6. The Bertz CT molecular complexity index is 529. The van der Waals surface area contributed by atoms with Crippen molar-refractivity contribution in [1.82, 2.24) is 9.55 Å². The predicted octanol–water partition coefficient (Wildman–Crippen LogP) is 2.70. The van der Waals surface area contributed by atoms with Gasteiger partial charge in [-0.3, -0.25) is 4.79 Å². The lowest BCUT2D eigenvalue weighted by Crippen LogP contribution is -2.09. The number of carbonyl (C=O) groups excluding carboxylic acids is 1. The van der Waals surface area contributed by atoms with E-state index < -0.39 is 0 Å². The van der Waals surface area contributed by atoms with E-state index in [1.807, 2.05) is 10.8 Å². The van der Waals surface area contributed by atoms with Crippen LogP contribution in [-0.2, 0) is 17.8 Å². The maximum atomic E-state index is 11.8. The minimum atomic E-state index is 0.243. The Morgan fingerprint density at radius 1 is 1.33 bits per heavy atom. The zero-order valence-electron chi connectivity index (χ0n) is 10.9. The zero-order valence-corrected chi connectivity index (χ0v) is 10.9. The van der Waals surface area contributed by atoms with Gasteiger partial charge in [0.1, 0.15) is 0 Å². The third-order valence-corrected chi connectivity index (χ3v) is 3.09. The van der Waals surface area contributed by atoms with Crippen molar-refractivity contribution < 1.29 is 4.79 Å². The molecule has 1 aromatic heterocycles. The number of carbonyl (C=O) groups is 1. The van der Waals surface area contributed by atoms with Crippen molar-refractivity contribution >= 4 is 5.78 Å². The van der Waals surface area contributed by atoms with Gasteiger partial charge in [-0.1, -0.05) is 23.8 Å². The molecule has 0 atom stereocenters. The van der Waals surface area contributed by atoms with Crippen LogP contribution in [0.15, 0.2) is 36.9 Å². The summed E-state index contributed by atoms with van der Waals surface area (Å²) in [6, 6.07) is 6.38. The van der Waals surface area contributed by atoms with Crippen molar-refractivity contribution in [3.8, 4) is 0 Å². The third-order valence-electron chi connectivity index (χ3n) is 3.09. The monoisotopic (exact) mass is 242 g/mol. The van der Waals surface area contributed by atoms with Gasteiger partial charge in [-0.15, -0.1) is 0 Å². The molecule has 0 aliphatic rings. The van der Waals surface area contributed by atoms with Crippen molar-refractivity contribution in [2.75, 3.05) is 0 Å². The number of hydrogen-bond donors (Lipinski definition) is 0. The standard InChI is InChI=1S/C15H18N2O/c1-12-3-4-14(13(2)9-12)5-6-15(18)10-17-8-7-16-11-17/h3-4,7-9,11H,5-6,10H2,1-2H3. The van der Waals surface area contributed by atoms with Crippen LogP contribution in [0.3, 0.4) is 0 Å². The molecule has 0 fully saturated rings. The lowest BCUT2D eigenvalue weighted by atomic mass is 10.0. The molecule has 2 rings (SSSR count). The van der Waals surface area contributed by atoms with E-state index in [0.717, 1.165) is 6.42 Å². The van der Waals surface area contributed by atoms with E-state index >= 15 is 0 Å². The van der Waals surface area contributed by atoms with E-state index in [1.54, 1.807) is 12.5 Å². The van der Waals surface area contributed by atoms with E-state index in [-0.39, 0.29) is 5.78 Å². The highest BCUT2D eigenvalue weighted by atomic mass is 16.1. The SMILES string of the molecule is Cc1ccc(CCC(=O)Cn2ccnc2)c(C)c1. The lowest BCUT2D eigenvalue weighted by Gasteiger charge is -2.06. The maximum Gasteiger partial charge on any atom is 0.152 e. The molecule has 0 N–H and O–H groups in total. The molecule has 0 unspecified atom stereocenters. The molecule has 0 saturated heterocycles. The second-order valence-electron chi connectivity index (χ2n) is 4.70. The summed E-state index contributed by atoms with van der Waals surface area (Å²) in [5.41, 5.74) is 3.80. The van der Waals surface area contributed by atoms with Gasteiger partial charge in [0.25, 0.3) is 0 Å². The first-order valence-corrected chi connectivity index (χ1v) is 6.19. The van der Waals surface area contributed by atoms with Crippen LogP contribution in [0.25, 0.3) is 0 Å². The summed E-state index contributed by atoms with van der Waals surface area (Å²) in [6.45, 7) is 4.61. The minimum Gasteiger partial charge on any atom is -0.330 e. The van der Waals surface area contributed by atoms with E-state index in [9.17, 15) is 4.79 Å². The topological polar surface area (TPSA) is 34.9 Å². The van der Waals surface area contributed by atoms with Crippen molar-refractivity contribution in [2.45, 2.75) is 33.2 Å². The highest BCUT2D eigenvalue weighted by Gasteiger charge is 2.05. The largest absolute Gasteiger partial charge is 0.330 e. The molecule has 3 nitrogen and oxygen atoms in total. The fourth-order valence-electron chi connectivity index (χ4n) is 2.06. The summed E-state index contributed by atoms with van der Waals surface area (Å²) in [6.07, 6.45) is 6.59. The van der Waals surface area contributed by atoms with Gasteiger partial charge in [0.15, 0.2) is 5.78 Å². The maximum absolute atomic E-state index is 11.8. The fraction of sp³-hybridized carbons (Fsp3) is 0.333. The van der Waals surface area contributed by atoms with Crippen LogP contribution >= 0.6 is 0 Å². The van der Waals surface area contributed by atoms with Crippen LogP contribution in [-0.4, -0.2) is 15.3 Å². The predicted molar refractivity (Wildman–Crippen MR) is 71.5 cm³/mol. The summed E-state index contributed by atoms with van der Waals surface area (Å²) >= 11 is 0. The molecule has 0 saturated carbocycles. The first-order valence-electron chi connectivity index (χ1n) is 6.19. The molecule has 0 amide bonds. The average Bonchev–Trinajstić information content (AvgIpc) is 2.80. The number of ketones is 1. The van der Waals surface area contributed by atoms with Crippen molar-refractivity contribution in [3.63, 3.8) is 0 Å². The number of imidazole rings is 1. The Hall–Kier alpha value is -1.90. The summed E-state index contributed by atoms with van der Waals surface area (Å²) in [5, 5.41) is 0. The Morgan fingerprint density at radius 2 is 2.17 bits per heavy atom. The van der Waals surface area contributed by atoms with Crippen LogP contribution in [0.4, 0.5) is 0 Å². The van der Waals surface area contributed by atoms with Gasteiger partial charge in [0.2, 0.25) is 0 Å². The summed E-state index contributed by atoms with van der Waals surface area (Å²) in [5.74, 6) is 0.243. The van der Waals surface area contributed by atoms with E-state index in [0.29, 0.717) is 13.0 Å². The number of Topliss-reactive ketones (excluding diaryl/α,β-unsaturated/α-hetero) is 1. The van der Waals surface area contributed by atoms with Crippen LogP contribution in [0.2, 0.25) is 0 Å². The highest BCUT2D eigenvalue weighted by Crippen LogP contribution is 2.12. The van der Waals surface area contributed by atoms with Gasteiger partial charge in [-0.2, -0.15) is 0 Å². The van der Waals surface area contributed by atoms with Crippen molar-refractivity contribution in [2.24, 2.45) is 0 Å². The van der Waals surface area contributed by atoms with Gasteiger partial charge < -0.3 is 4.57 Å². The Morgan fingerprint density at radius 3 is 2.83 bits per heavy atom. The van der Waals surface area contributed by atoms with Gasteiger partial charge in [-0.05, 0) is 31.4 Å². The number of nitrogens with zero attached hydrogens (tertiary/aromatic N) is 2. The van der Waals surface area contributed by atoms with Gasteiger partial charge in [0.05, 0.1) is 12.9 Å². The second kappa shape index (κ2) is 5.63. The van der Waals surface area contributed by atoms with Crippen molar-refractivity contribution in [3.05, 3.63) is 53.6 Å². The number of aryl methyl sites for hydroxylation is 3. The summed E-state index contributed by atoms with van der Waals surface area (Å²) < 4.78 is 1.81. The van der Waals surface area contributed by atoms with Crippen LogP contribution < -0.4 is 0 Å². The molecule has 1 aromatic carbocycles. The van der Waals surface area contributed by atoms with Crippen LogP contribution in [0.5, 0.6) is 0 Å². The Labute approximate surface area is 107 Å². The molecule has 0 aliphatic heterocycles. The highest BCUT2D eigenvalue weighted by molar-refractivity contribution is 5.78. The quantitative estimate of drug-likeness (QED) is 0.808. The van der Waals surface area contributed by atoms with Crippen LogP contribution in [0, 0.1) is 13.8 Å². The van der Waals surface area contributed by atoms with E-state index in [4.69, 9.17) is 0 Å². The molecule has 0 aliphatic carbocycles. The van der Waals surface area contributed by atoms with Crippen molar-refractivity contribution in [1.29, 1.82) is 0 Å². The number of benzene rings is 1. The molecular formula is C15H18N2O. The smallest absolute Gasteiger partial charge is 0.152 e. The first-order chi connectivity index (χ1) is 8.65. The molecule has 1 heterocycles. The molecule has 3 heteroatoms. The lowest BCUT2D eigenvalue weighted by molar-refractivity contribution is -0.119. The normalized spacial score (nSPS) is 10.6. The fourth-order valence-corrected chi connectivity index (χ4v) is 2.06. The zero-order chi connectivity index (χ0) is 13.0. The van der Waals surface area contributed by atoms with Crippen LogP contribution in [0.1, 0.15) is 23.1 Å². The Kier molecular flexibility index (Phi) is 3.92. The van der Waals surface area contributed by atoms with E-state index in [2.05, 4.69) is 37.0 Å². The molecular weight excluding hydrogens is 224 g/mol. The molecule has 18 heavy (non-hydrogen) atoms. The average molecular weight is 242 g/mol. The molecule has 94 valence electrons. The minimum absolute atomic E-state index is 0.243. The third kappa shape index (κ3) is 3.29. The van der Waals surface area contributed by atoms with E-state index in [1.165, 1.54) is 16.7 Å².